The van der Waals surface area contributed by atoms with Crippen LogP contribution in [0.1, 0.15) is 23.6 Å². The maximum Gasteiger partial charge on any atom is 0.235 e. The second-order valence-corrected chi connectivity index (χ2v) is 8.83. The van der Waals surface area contributed by atoms with Crippen LogP contribution in [0, 0.1) is 0 Å². The summed E-state index contributed by atoms with van der Waals surface area (Å²) in [6.45, 7) is 1.89. The van der Waals surface area contributed by atoms with Gasteiger partial charge in [0.15, 0.2) is 0 Å². The average Bonchev–Trinajstić information content (AvgIpc) is 2.79. The van der Waals surface area contributed by atoms with Crippen molar-refractivity contribution in [1.29, 1.82) is 0 Å². The molecule has 3 aromatic carbocycles. The first-order chi connectivity index (χ1) is 14.1. The molecule has 0 bridgehead atoms. The van der Waals surface area contributed by atoms with Crippen molar-refractivity contribution in [3.8, 4) is 0 Å². The van der Waals surface area contributed by atoms with E-state index in [9.17, 15) is 4.57 Å². The molecule has 1 heterocycles. The summed E-state index contributed by atoms with van der Waals surface area (Å²) in [7, 11) is -3.12. The van der Waals surface area contributed by atoms with Crippen molar-refractivity contribution in [2.45, 2.75) is 6.92 Å². The largest absolute Gasteiger partial charge is 0.456 e. The molecule has 0 radical (unpaired) electrons. The molecule has 29 heavy (non-hydrogen) atoms. The summed E-state index contributed by atoms with van der Waals surface area (Å²) in [6, 6.07) is 29.1. The van der Waals surface area contributed by atoms with Gasteiger partial charge < -0.3 is 4.74 Å². The summed E-state index contributed by atoms with van der Waals surface area (Å²) in [5, 5.41) is 7.31. The van der Waals surface area contributed by atoms with Crippen molar-refractivity contribution in [3.63, 3.8) is 0 Å². The van der Waals surface area contributed by atoms with Crippen molar-refractivity contribution >= 4 is 24.5 Å². The fourth-order valence-electron chi connectivity index (χ4n) is 2.98. The van der Waals surface area contributed by atoms with Crippen LogP contribution in [0.25, 0.3) is 11.5 Å². The molecule has 0 atom stereocenters. The van der Waals surface area contributed by atoms with Crippen molar-refractivity contribution in [3.05, 3.63) is 119 Å². The van der Waals surface area contributed by atoms with E-state index < -0.39 is 7.29 Å². The highest BCUT2D eigenvalue weighted by Crippen LogP contribution is 2.53. The van der Waals surface area contributed by atoms with Gasteiger partial charge in [-0.1, -0.05) is 91.0 Å². The quantitative estimate of drug-likeness (QED) is 0.310. The molecule has 1 aliphatic heterocycles. The predicted octanol–water partition coefficient (Wildman–Crippen LogP) is 6.31. The number of benzene rings is 3. The molecule has 1 N–H and O–H groups in total. The maximum atomic E-state index is 13.7. The predicted molar refractivity (Wildman–Crippen MR) is 119 cm³/mol. The number of rotatable bonds is 5. The van der Waals surface area contributed by atoms with E-state index in [1.807, 2.05) is 97.9 Å². The molecule has 0 spiro atoms. The lowest BCUT2D eigenvalue weighted by atomic mass is 10.1. The number of hydrogen-bond acceptors (Lipinski definition) is 3. The van der Waals surface area contributed by atoms with Gasteiger partial charge in [0, 0.05) is 22.8 Å². The van der Waals surface area contributed by atoms with Gasteiger partial charge in [-0.2, -0.15) is 5.10 Å². The van der Waals surface area contributed by atoms with E-state index >= 15 is 0 Å². The van der Waals surface area contributed by atoms with E-state index in [2.05, 4.69) is 10.3 Å². The Kier molecular flexibility index (Phi) is 5.46. The molecule has 0 amide bonds. The van der Waals surface area contributed by atoms with Crippen LogP contribution < -0.4 is 5.20 Å². The standard InChI is InChI=1S/C24H21N2O2P/c1-19(20-11-5-2-6-12-20)25-26-29(27)17-23(21-13-7-3-8-14-21)28-24(18-29)22-15-9-4-10-16-22/h2-18H,1H3,(H,26,27)/b25-19+. The number of hydrazone groups is 1. The van der Waals surface area contributed by atoms with Crippen molar-refractivity contribution in [1.82, 2.24) is 5.20 Å². The zero-order chi connectivity index (χ0) is 20.1. The zero-order valence-electron chi connectivity index (χ0n) is 16.0. The first-order valence-electron chi connectivity index (χ1n) is 9.34. The molecule has 1 aliphatic rings. The summed E-state index contributed by atoms with van der Waals surface area (Å²) in [6.07, 6.45) is 0. The van der Waals surface area contributed by atoms with E-state index in [0.29, 0.717) is 11.5 Å². The molecule has 0 saturated carbocycles. The van der Waals surface area contributed by atoms with E-state index in [0.717, 1.165) is 22.4 Å². The molecule has 0 unspecified atom stereocenters. The van der Waals surface area contributed by atoms with Crippen LogP contribution in [0.15, 0.2) is 108 Å². The molecule has 144 valence electrons. The van der Waals surface area contributed by atoms with Gasteiger partial charge in [-0.25, -0.2) is 0 Å². The third-order valence-electron chi connectivity index (χ3n) is 4.52. The maximum absolute atomic E-state index is 13.7. The lowest BCUT2D eigenvalue weighted by Crippen LogP contribution is -2.08. The minimum atomic E-state index is -3.12. The normalized spacial score (nSPS) is 15.7. The molecule has 5 heteroatoms. The van der Waals surface area contributed by atoms with Crippen LogP contribution >= 0.6 is 7.29 Å². The van der Waals surface area contributed by atoms with Crippen LogP contribution in [0.4, 0.5) is 0 Å². The number of hydrogen-bond donors (Lipinski definition) is 1. The summed E-state index contributed by atoms with van der Waals surface area (Å²) >= 11 is 0. The molecule has 4 nitrogen and oxygen atoms in total. The molecular formula is C24H21N2O2P. The minimum absolute atomic E-state index is 0.551. The van der Waals surface area contributed by atoms with Crippen LogP contribution in [-0.2, 0) is 9.30 Å². The Bertz CT molecular complexity index is 1060. The second kappa shape index (κ2) is 8.34. The van der Waals surface area contributed by atoms with Gasteiger partial charge in [0.25, 0.3) is 0 Å². The number of nitrogens with one attached hydrogen (secondary N) is 1. The third-order valence-corrected chi connectivity index (χ3v) is 6.17. The number of ether oxygens (including phenoxy) is 1. The molecule has 0 aromatic heterocycles. The van der Waals surface area contributed by atoms with E-state index in [1.54, 1.807) is 11.6 Å². The van der Waals surface area contributed by atoms with Gasteiger partial charge in [-0.15, -0.1) is 0 Å². The highest BCUT2D eigenvalue weighted by molar-refractivity contribution is 7.68. The highest BCUT2D eigenvalue weighted by Gasteiger charge is 2.26. The van der Waals surface area contributed by atoms with Gasteiger partial charge in [0.1, 0.15) is 11.5 Å². The topological polar surface area (TPSA) is 50.7 Å². The Morgan fingerprint density at radius 2 is 1.21 bits per heavy atom. The van der Waals surface area contributed by atoms with Gasteiger partial charge in [0.2, 0.25) is 7.29 Å². The third kappa shape index (κ3) is 4.56. The van der Waals surface area contributed by atoms with E-state index in [1.165, 1.54) is 0 Å². The summed E-state index contributed by atoms with van der Waals surface area (Å²) in [4.78, 5) is 0. The van der Waals surface area contributed by atoms with Crippen molar-refractivity contribution in [2.24, 2.45) is 5.10 Å². The molecule has 0 fully saturated rings. The summed E-state index contributed by atoms with van der Waals surface area (Å²) < 4.78 is 19.8. The van der Waals surface area contributed by atoms with Gasteiger partial charge >= 0.3 is 0 Å². The summed E-state index contributed by atoms with van der Waals surface area (Å²) in [5.41, 5.74) is 3.45. The molecule has 3 aromatic rings. The van der Waals surface area contributed by atoms with Crippen LogP contribution in [0.2, 0.25) is 0 Å². The monoisotopic (exact) mass is 400 g/mol. The molecule has 4 rings (SSSR count). The van der Waals surface area contributed by atoms with E-state index in [4.69, 9.17) is 4.74 Å². The average molecular weight is 400 g/mol. The first-order valence-corrected chi connectivity index (χ1v) is 11.2. The smallest absolute Gasteiger partial charge is 0.235 e. The fraction of sp³-hybridized carbons (Fsp3) is 0.0417. The Hall–Kier alpha value is -3.36. The van der Waals surface area contributed by atoms with Crippen molar-refractivity contribution in [2.75, 3.05) is 0 Å². The highest BCUT2D eigenvalue weighted by atomic mass is 31.2. The zero-order valence-corrected chi connectivity index (χ0v) is 16.9. The Morgan fingerprint density at radius 3 is 1.69 bits per heavy atom. The Morgan fingerprint density at radius 1 is 0.759 bits per heavy atom. The molecule has 0 aliphatic carbocycles. The van der Waals surface area contributed by atoms with Gasteiger partial charge in [0.05, 0.1) is 5.71 Å². The van der Waals surface area contributed by atoms with Crippen LogP contribution in [0.5, 0.6) is 0 Å². The molecular weight excluding hydrogens is 379 g/mol. The SMILES string of the molecule is C/C(=N\NP1(=O)C=C(c2ccccc2)OC(c2ccccc2)=C1)c1ccccc1. The van der Waals surface area contributed by atoms with Gasteiger partial charge in [-0.3, -0.25) is 9.76 Å². The van der Waals surface area contributed by atoms with Crippen LogP contribution in [-0.4, -0.2) is 5.71 Å². The lowest BCUT2D eigenvalue weighted by molar-refractivity contribution is 0.468. The van der Waals surface area contributed by atoms with E-state index in [-0.39, 0.29) is 0 Å². The lowest BCUT2D eigenvalue weighted by Gasteiger charge is -2.22. The van der Waals surface area contributed by atoms with Gasteiger partial charge in [-0.05, 0) is 12.5 Å². The summed E-state index contributed by atoms with van der Waals surface area (Å²) in [5.74, 6) is 4.37. The Labute approximate surface area is 170 Å². The van der Waals surface area contributed by atoms with Crippen LogP contribution in [0.3, 0.4) is 0 Å². The van der Waals surface area contributed by atoms with Crippen molar-refractivity contribution < 1.29 is 9.30 Å². The second-order valence-electron chi connectivity index (χ2n) is 6.69. The first kappa shape index (κ1) is 19.0. The number of nitrogens with zero attached hydrogens (tertiary/aromatic N) is 1. The fourth-order valence-corrected chi connectivity index (χ4v) is 4.58. The minimum Gasteiger partial charge on any atom is -0.456 e. The molecule has 0 saturated heterocycles. The Balaban J connectivity index is 1.71.